The lowest BCUT2D eigenvalue weighted by atomic mass is 9.99. The molecular weight excluding hydrogens is 134 g/mol. The zero-order valence-electron chi connectivity index (χ0n) is 7.73. The Balaban J connectivity index is 1.96. The number of rotatable bonds is 4. The fourth-order valence-corrected chi connectivity index (χ4v) is 1.81. The van der Waals surface area contributed by atoms with Crippen LogP contribution in [0, 0.1) is 0 Å². The number of piperidine rings is 1. The molecule has 0 amide bonds. The normalized spacial score (nSPS) is 25.4. The second-order valence-corrected chi connectivity index (χ2v) is 3.64. The Bertz CT molecular complexity index is 84.9. The van der Waals surface area contributed by atoms with Gasteiger partial charge in [-0.05, 0) is 25.8 Å². The fourth-order valence-electron chi connectivity index (χ4n) is 1.81. The summed E-state index contributed by atoms with van der Waals surface area (Å²) in [7, 11) is 0. The summed E-state index contributed by atoms with van der Waals surface area (Å²) in [5, 5.41) is 3.58. The van der Waals surface area contributed by atoms with E-state index in [-0.39, 0.29) is 0 Å². The van der Waals surface area contributed by atoms with Gasteiger partial charge in [0.15, 0.2) is 0 Å². The summed E-state index contributed by atoms with van der Waals surface area (Å²) < 4.78 is 0. The summed E-state index contributed by atoms with van der Waals surface area (Å²) in [6.07, 6.45) is 9.87. The van der Waals surface area contributed by atoms with Crippen LogP contribution in [0.2, 0.25) is 0 Å². The average molecular weight is 155 g/mol. The predicted molar refractivity (Wildman–Crippen MR) is 49.8 cm³/mol. The number of hydrogen-bond donors (Lipinski definition) is 1. The zero-order chi connectivity index (χ0) is 7.94. The van der Waals surface area contributed by atoms with Crippen LogP contribution in [0.3, 0.4) is 0 Å². The third kappa shape index (κ3) is 3.76. The van der Waals surface area contributed by atoms with Gasteiger partial charge < -0.3 is 5.32 Å². The minimum Gasteiger partial charge on any atom is -0.314 e. The SMILES string of the molecule is CCCCC[C@@H]1CCCCN1. The fraction of sp³-hybridized carbons (Fsp3) is 1.00. The van der Waals surface area contributed by atoms with Crippen molar-refractivity contribution in [1.82, 2.24) is 5.32 Å². The van der Waals surface area contributed by atoms with Gasteiger partial charge in [-0.25, -0.2) is 0 Å². The molecule has 0 unspecified atom stereocenters. The van der Waals surface area contributed by atoms with Gasteiger partial charge in [0.05, 0.1) is 0 Å². The van der Waals surface area contributed by atoms with Gasteiger partial charge in [-0.1, -0.05) is 32.6 Å². The van der Waals surface area contributed by atoms with Crippen molar-refractivity contribution in [2.75, 3.05) is 6.54 Å². The molecule has 11 heavy (non-hydrogen) atoms. The van der Waals surface area contributed by atoms with Crippen LogP contribution in [0.15, 0.2) is 0 Å². The van der Waals surface area contributed by atoms with Crippen molar-refractivity contribution in [1.29, 1.82) is 0 Å². The van der Waals surface area contributed by atoms with Crippen molar-refractivity contribution in [3.8, 4) is 0 Å². The summed E-state index contributed by atoms with van der Waals surface area (Å²) >= 11 is 0. The van der Waals surface area contributed by atoms with Crippen LogP contribution in [-0.2, 0) is 0 Å². The highest BCUT2D eigenvalue weighted by Crippen LogP contribution is 2.13. The molecule has 1 N–H and O–H groups in total. The third-order valence-corrected chi connectivity index (χ3v) is 2.57. The first-order valence-corrected chi connectivity index (χ1v) is 5.17. The van der Waals surface area contributed by atoms with E-state index in [1.807, 2.05) is 0 Å². The second kappa shape index (κ2) is 5.59. The molecule has 1 heterocycles. The van der Waals surface area contributed by atoms with Crippen LogP contribution in [-0.4, -0.2) is 12.6 Å². The van der Waals surface area contributed by atoms with E-state index in [0.29, 0.717) is 0 Å². The molecular formula is C10H21N. The third-order valence-electron chi connectivity index (χ3n) is 2.57. The highest BCUT2D eigenvalue weighted by Gasteiger charge is 2.10. The Morgan fingerprint density at radius 2 is 2.18 bits per heavy atom. The number of nitrogens with one attached hydrogen (secondary N) is 1. The van der Waals surface area contributed by atoms with Crippen molar-refractivity contribution in [2.45, 2.75) is 57.9 Å². The second-order valence-electron chi connectivity index (χ2n) is 3.64. The van der Waals surface area contributed by atoms with Crippen LogP contribution < -0.4 is 5.32 Å². The van der Waals surface area contributed by atoms with E-state index in [9.17, 15) is 0 Å². The lowest BCUT2D eigenvalue weighted by Crippen LogP contribution is -2.33. The van der Waals surface area contributed by atoms with Crippen LogP contribution in [0.25, 0.3) is 0 Å². The van der Waals surface area contributed by atoms with Crippen molar-refractivity contribution in [3.63, 3.8) is 0 Å². The molecule has 1 saturated heterocycles. The van der Waals surface area contributed by atoms with Gasteiger partial charge in [0.25, 0.3) is 0 Å². The highest BCUT2D eigenvalue weighted by molar-refractivity contribution is 4.71. The van der Waals surface area contributed by atoms with Crippen molar-refractivity contribution in [3.05, 3.63) is 0 Å². The summed E-state index contributed by atoms with van der Waals surface area (Å²) in [4.78, 5) is 0. The van der Waals surface area contributed by atoms with Crippen molar-refractivity contribution in [2.24, 2.45) is 0 Å². The molecule has 0 spiro atoms. The van der Waals surface area contributed by atoms with E-state index in [1.165, 1.54) is 51.5 Å². The molecule has 0 bridgehead atoms. The van der Waals surface area contributed by atoms with Crippen molar-refractivity contribution >= 4 is 0 Å². The molecule has 0 aromatic rings. The largest absolute Gasteiger partial charge is 0.314 e. The van der Waals surface area contributed by atoms with Gasteiger partial charge in [-0.3, -0.25) is 0 Å². The predicted octanol–water partition coefficient (Wildman–Crippen LogP) is 2.71. The molecule has 1 rings (SSSR count). The lowest BCUT2D eigenvalue weighted by molar-refractivity contribution is 0.372. The van der Waals surface area contributed by atoms with Gasteiger partial charge in [0.1, 0.15) is 0 Å². The quantitative estimate of drug-likeness (QED) is 0.615. The first kappa shape index (κ1) is 9.05. The van der Waals surface area contributed by atoms with Crippen LogP contribution in [0.4, 0.5) is 0 Å². The van der Waals surface area contributed by atoms with Gasteiger partial charge in [-0.15, -0.1) is 0 Å². The maximum atomic E-state index is 3.58. The minimum atomic E-state index is 0.857. The smallest absolute Gasteiger partial charge is 0.00670 e. The molecule has 0 aromatic carbocycles. The summed E-state index contributed by atoms with van der Waals surface area (Å²) in [5.41, 5.74) is 0. The molecule has 1 nitrogen and oxygen atoms in total. The highest BCUT2D eigenvalue weighted by atomic mass is 14.9. The van der Waals surface area contributed by atoms with Crippen molar-refractivity contribution < 1.29 is 0 Å². The first-order valence-electron chi connectivity index (χ1n) is 5.17. The summed E-state index contributed by atoms with van der Waals surface area (Å²) in [6, 6.07) is 0.857. The van der Waals surface area contributed by atoms with E-state index in [2.05, 4.69) is 12.2 Å². The summed E-state index contributed by atoms with van der Waals surface area (Å²) in [6.45, 7) is 3.53. The molecule has 0 aromatic heterocycles. The van der Waals surface area contributed by atoms with E-state index in [4.69, 9.17) is 0 Å². The number of unbranched alkanes of at least 4 members (excludes halogenated alkanes) is 2. The first-order chi connectivity index (χ1) is 5.43. The molecule has 1 atom stereocenters. The van der Waals surface area contributed by atoms with Crippen LogP contribution >= 0.6 is 0 Å². The molecule has 0 aliphatic carbocycles. The van der Waals surface area contributed by atoms with E-state index in [1.54, 1.807) is 0 Å². The molecule has 1 aliphatic heterocycles. The average Bonchev–Trinajstić information content (AvgIpc) is 2.07. The van der Waals surface area contributed by atoms with E-state index < -0.39 is 0 Å². The molecule has 1 fully saturated rings. The minimum absolute atomic E-state index is 0.857. The standard InChI is InChI=1S/C10H21N/c1-2-3-4-7-10-8-5-6-9-11-10/h10-11H,2-9H2,1H3/t10-/m1/s1. The zero-order valence-corrected chi connectivity index (χ0v) is 7.73. The molecule has 0 saturated carbocycles. The van der Waals surface area contributed by atoms with Crippen LogP contribution in [0.1, 0.15) is 51.9 Å². The molecule has 0 radical (unpaired) electrons. The number of hydrogen-bond acceptors (Lipinski definition) is 1. The Hall–Kier alpha value is -0.0400. The Morgan fingerprint density at radius 3 is 2.82 bits per heavy atom. The maximum Gasteiger partial charge on any atom is 0.00670 e. The Kier molecular flexibility index (Phi) is 4.60. The topological polar surface area (TPSA) is 12.0 Å². The van der Waals surface area contributed by atoms with Gasteiger partial charge in [-0.2, -0.15) is 0 Å². The monoisotopic (exact) mass is 155 g/mol. The Labute approximate surface area is 70.6 Å². The van der Waals surface area contributed by atoms with E-state index in [0.717, 1.165) is 6.04 Å². The van der Waals surface area contributed by atoms with Crippen LogP contribution in [0.5, 0.6) is 0 Å². The molecule has 1 aliphatic rings. The molecule has 66 valence electrons. The Morgan fingerprint density at radius 1 is 1.27 bits per heavy atom. The maximum absolute atomic E-state index is 3.58. The summed E-state index contributed by atoms with van der Waals surface area (Å²) in [5.74, 6) is 0. The van der Waals surface area contributed by atoms with Gasteiger partial charge >= 0.3 is 0 Å². The lowest BCUT2D eigenvalue weighted by Gasteiger charge is -2.23. The van der Waals surface area contributed by atoms with Gasteiger partial charge in [0, 0.05) is 6.04 Å². The van der Waals surface area contributed by atoms with Gasteiger partial charge in [0.2, 0.25) is 0 Å². The molecule has 1 heteroatoms. The van der Waals surface area contributed by atoms with E-state index >= 15 is 0 Å².